The lowest BCUT2D eigenvalue weighted by Crippen LogP contribution is -2.72. The molecule has 0 aromatic heterocycles. The fraction of sp³-hybridized carbons (Fsp3) is 1.00. The van der Waals surface area contributed by atoms with E-state index in [1.165, 1.54) is 32.1 Å². The molecule has 1 aliphatic carbocycles. The lowest BCUT2D eigenvalue weighted by molar-refractivity contribution is 0.116. The first-order valence-electron chi connectivity index (χ1n) is 6.85. The third-order valence-electron chi connectivity index (χ3n) is 4.27. The van der Waals surface area contributed by atoms with E-state index in [4.69, 9.17) is 11.5 Å². The molecule has 1 rings (SSSR count). The SMILES string of the molecule is CCCCCC(N)(N)C1(NC)CCCCC1. The van der Waals surface area contributed by atoms with E-state index >= 15 is 0 Å². The number of hydrogen-bond acceptors (Lipinski definition) is 3. The Kier molecular flexibility index (Phi) is 5.22. The molecule has 0 spiro atoms. The Bertz CT molecular complexity index is 195. The van der Waals surface area contributed by atoms with Gasteiger partial charge in [0.2, 0.25) is 0 Å². The maximum atomic E-state index is 6.39. The largest absolute Gasteiger partial charge is 0.312 e. The third kappa shape index (κ3) is 2.96. The smallest absolute Gasteiger partial charge is 0.0823 e. The predicted molar refractivity (Wildman–Crippen MR) is 70.1 cm³/mol. The van der Waals surface area contributed by atoms with Crippen molar-refractivity contribution in [3.8, 4) is 0 Å². The summed E-state index contributed by atoms with van der Waals surface area (Å²) in [5, 5.41) is 3.43. The van der Waals surface area contributed by atoms with E-state index in [1.54, 1.807) is 0 Å². The zero-order valence-corrected chi connectivity index (χ0v) is 11.0. The van der Waals surface area contributed by atoms with Gasteiger partial charge < -0.3 is 16.8 Å². The number of nitrogens with two attached hydrogens (primary N) is 2. The van der Waals surface area contributed by atoms with Gasteiger partial charge in [0.05, 0.1) is 5.66 Å². The summed E-state index contributed by atoms with van der Waals surface area (Å²) >= 11 is 0. The lowest BCUT2D eigenvalue weighted by atomic mass is 9.71. The predicted octanol–water partition coefficient (Wildman–Crippen LogP) is 2.10. The fourth-order valence-corrected chi connectivity index (χ4v) is 3.01. The number of hydrogen-bond donors (Lipinski definition) is 3. The van der Waals surface area contributed by atoms with Crippen LogP contribution in [-0.4, -0.2) is 18.2 Å². The number of nitrogens with one attached hydrogen (secondary N) is 1. The molecule has 0 unspecified atom stereocenters. The van der Waals surface area contributed by atoms with Crippen LogP contribution < -0.4 is 16.8 Å². The molecule has 0 atom stereocenters. The molecule has 0 bridgehead atoms. The Morgan fingerprint density at radius 3 is 2.25 bits per heavy atom. The summed E-state index contributed by atoms with van der Waals surface area (Å²) in [5.41, 5.74) is 12.2. The zero-order chi connectivity index (χ0) is 12.1. The topological polar surface area (TPSA) is 64.1 Å². The zero-order valence-electron chi connectivity index (χ0n) is 11.0. The molecule has 0 aromatic rings. The average molecular weight is 227 g/mol. The van der Waals surface area contributed by atoms with E-state index in [9.17, 15) is 0 Å². The molecule has 16 heavy (non-hydrogen) atoms. The summed E-state index contributed by atoms with van der Waals surface area (Å²) in [6, 6.07) is 0. The van der Waals surface area contributed by atoms with Gasteiger partial charge in [-0.15, -0.1) is 0 Å². The second kappa shape index (κ2) is 5.99. The van der Waals surface area contributed by atoms with Gasteiger partial charge in [0.1, 0.15) is 0 Å². The van der Waals surface area contributed by atoms with E-state index in [0.717, 1.165) is 25.7 Å². The minimum Gasteiger partial charge on any atom is -0.312 e. The summed E-state index contributed by atoms with van der Waals surface area (Å²) in [5.74, 6) is 0. The first kappa shape index (κ1) is 13.9. The van der Waals surface area contributed by atoms with Crippen LogP contribution in [0.1, 0.15) is 64.7 Å². The molecule has 0 heterocycles. The monoisotopic (exact) mass is 227 g/mol. The van der Waals surface area contributed by atoms with Crippen molar-refractivity contribution in [2.45, 2.75) is 75.9 Å². The van der Waals surface area contributed by atoms with Gasteiger partial charge in [0.25, 0.3) is 0 Å². The molecule has 1 saturated carbocycles. The van der Waals surface area contributed by atoms with Crippen LogP contribution in [-0.2, 0) is 0 Å². The van der Waals surface area contributed by atoms with Gasteiger partial charge in [0, 0.05) is 5.54 Å². The summed E-state index contributed by atoms with van der Waals surface area (Å²) in [6.07, 6.45) is 10.6. The number of rotatable bonds is 6. The Balaban J connectivity index is 2.60. The second-order valence-electron chi connectivity index (χ2n) is 5.39. The normalized spacial score (nSPS) is 21.0. The van der Waals surface area contributed by atoms with Gasteiger partial charge in [-0.05, 0) is 26.3 Å². The van der Waals surface area contributed by atoms with Crippen LogP contribution in [0.15, 0.2) is 0 Å². The van der Waals surface area contributed by atoms with Crippen LogP contribution in [0.25, 0.3) is 0 Å². The van der Waals surface area contributed by atoms with Gasteiger partial charge in [-0.1, -0.05) is 45.4 Å². The molecule has 0 aliphatic heterocycles. The Hall–Kier alpha value is -0.120. The first-order chi connectivity index (χ1) is 7.58. The molecule has 0 radical (unpaired) electrons. The molecule has 0 aromatic carbocycles. The highest BCUT2D eigenvalue weighted by Crippen LogP contribution is 2.35. The van der Waals surface area contributed by atoms with Crippen LogP contribution in [0.4, 0.5) is 0 Å². The maximum Gasteiger partial charge on any atom is 0.0823 e. The van der Waals surface area contributed by atoms with E-state index < -0.39 is 5.66 Å². The minimum atomic E-state index is -0.544. The van der Waals surface area contributed by atoms with Crippen molar-refractivity contribution >= 4 is 0 Å². The number of unbranched alkanes of at least 4 members (excludes halogenated alkanes) is 2. The molecule has 1 aliphatic rings. The summed E-state index contributed by atoms with van der Waals surface area (Å²) < 4.78 is 0. The summed E-state index contributed by atoms with van der Waals surface area (Å²) in [4.78, 5) is 0. The summed E-state index contributed by atoms with van der Waals surface area (Å²) in [6.45, 7) is 2.21. The van der Waals surface area contributed by atoms with Crippen molar-refractivity contribution < 1.29 is 0 Å². The van der Waals surface area contributed by atoms with Gasteiger partial charge >= 0.3 is 0 Å². The van der Waals surface area contributed by atoms with Crippen molar-refractivity contribution in [1.82, 2.24) is 5.32 Å². The van der Waals surface area contributed by atoms with Crippen LogP contribution >= 0.6 is 0 Å². The van der Waals surface area contributed by atoms with Crippen LogP contribution in [0.5, 0.6) is 0 Å². The Labute approximate surface area is 100 Å². The molecule has 5 N–H and O–H groups in total. The standard InChI is InChI=1S/C13H29N3/c1-3-4-6-11-13(14,15)12(16-2)9-7-5-8-10-12/h16H,3-11,14-15H2,1-2H3. The first-order valence-corrected chi connectivity index (χ1v) is 6.85. The molecule has 3 nitrogen and oxygen atoms in total. The highest BCUT2D eigenvalue weighted by atomic mass is 15.1. The molecule has 0 saturated heterocycles. The lowest BCUT2D eigenvalue weighted by Gasteiger charge is -2.49. The third-order valence-corrected chi connectivity index (χ3v) is 4.27. The average Bonchev–Trinajstić information content (AvgIpc) is 2.30. The van der Waals surface area contributed by atoms with Crippen LogP contribution in [0.3, 0.4) is 0 Å². The molecule has 1 fully saturated rings. The number of likely N-dealkylation sites (N-methyl/N-ethyl adjacent to an activating group) is 1. The Morgan fingerprint density at radius 1 is 1.12 bits per heavy atom. The molecular formula is C13H29N3. The van der Waals surface area contributed by atoms with Gasteiger partial charge in [-0.25, -0.2) is 0 Å². The molecule has 0 amide bonds. The molecule has 96 valence electrons. The maximum absolute atomic E-state index is 6.39. The van der Waals surface area contributed by atoms with Gasteiger partial charge in [-0.2, -0.15) is 0 Å². The second-order valence-corrected chi connectivity index (χ2v) is 5.39. The quantitative estimate of drug-likeness (QED) is 0.481. The van der Waals surface area contributed by atoms with Gasteiger partial charge in [-0.3, -0.25) is 0 Å². The van der Waals surface area contributed by atoms with E-state index in [-0.39, 0.29) is 5.54 Å². The van der Waals surface area contributed by atoms with Crippen molar-refractivity contribution in [1.29, 1.82) is 0 Å². The van der Waals surface area contributed by atoms with Crippen molar-refractivity contribution in [3.05, 3.63) is 0 Å². The van der Waals surface area contributed by atoms with Crippen molar-refractivity contribution in [2.24, 2.45) is 11.5 Å². The Morgan fingerprint density at radius 2 is 1.75 bits per heavy atom. The van der Waals surface area contributed by atoms with Crippen molar-refractivity contribution in [2.75, 3.05) is 7.05 Å². The highest BCUT2D eigenvalue weighted by molar-refractivity contribution is 5.06. The van der Waals surface area contributed by atoms with E-state index in [1.807, 2.05) is 7.05 Å². The van der Waals surface area contributed by atoms with E-state index in [2.05, 4.69) is 12.2 Å². The van der Waals surface area contributed by atoms with E-state index in [0.29, 0.717) is 0 Å². The molecule has 3 heteroatoms. The minimum absolute atomic E-state index is 0.0288. The summed E-state index contributed by atoms with van der Waals surface area (Å²) in [7, 11) is 2.01. The fourth-order valence-electron chi connectivity index (χ4n) is 3.01. The van der Waals surface area contributed by atoms with Crippen LogP contribution in [0, 0.1) is 0 Å². The molecular weight excluding hydrogens is 198 g/mol. The highest BCUT2D eigenvalue weighted by Gasteiger charge is 2.44. The van der Waals surface area contributed by atoms with Crippen LogP contribution in [0.2, 0.25) is 0 Å². The van der Waals surface area contributed by atoms with Gasteiger partial charge in [0.15, 0.2) is 0 Å². The van der Waals surface area contributed by atoms with Crippen molar-refractivity contribution in [3.63, 3.8) is 0 Å².